The van der Waals surface area contributed by atoms with Crippen molar-refractivity contribution in [2.75, 3.05) is 13.2 Å². The van der Waals surface area contributed by atoms with E-state index in [9.17, 15) is 4.79 Å². The maximum atomic E-state index is 11.9. The van der Waals surface area contributed by atoms with Crippen molar-refractivity contribution in [2.45, 2.75) is 33.3 Å². The van der Waals surface area contributed by atoms with Gasteiger partial charge in [-0.2, -0.15) is 0 Å². The highest BCUT2D eigenvalue weighted by Gasteiger charge is 2.13. The molecular weight excluding hydrogens is 252 g/mol. The molecule has 0 spiro atoms. The number of hydrogen-bond donors (Lipinski definition) is 0. The highest BCUT2D eigenvalue weighted by molar-refractivity contribution is 6.31. The van der Waals surface area contributed by atoms with Crippen LogP contribution in [0.1, 0.15) is 42.6 Å². The molecule has 0 atom stereocenters. The molecule has 0 heterocycles. The first-order chi connectivity index (χ1) is 8.69. The Morgan fingerprint density at radius 1 is 1.33 bits per heavy atom. The van der Waals surface area contributed by atoms with Crippen molar-refractivity contribution in [3.05, 3.63) is 34.3 Å². The Morgan fingerprint density at radius 2 is 2.11 bits per heavy atom. The van der Waals surface area contributed by atoms with Crippen molar-refractivity contribution in [1.82, 2.24) is 0 Å². The molecule has 0 N–H and O–H groups in total. The van der Waals surface area contributed by atoms with Gasteiger partial charge in [0, 0.05) is 11.6 Å². The lowest BCUT2D eigenvalue weighted by Crippen LogP contribution is -2.10. The van der Waals surface area contributed by atoms with Gasteiger partial charge >= 0.3 is 5.97 Å². The summed E-state index contributed by atoms with van der Waals surface area (Å²) in [6, 6.07) is 5.18. The average molecular weight is 271 g/mol. The van der Waals surface area contributed by atoms with Gasteiger partial charge in [0.15, 0.2) is 0 Å². The number of carbonyl (C=O) groups excluding carboxylic acids is 1. The van der Waals surface area contributed by atoms with Crippen molar-refractivity contribution in [3.63, 3.8) is 0 Å². The summed E-state index contributed by atoms with van der Waals surface area (Å²) in [6.45, 7) is 5.40. The molecular formula is C14H19ClO3. The van der Waals surface area contributed by atoms with Gasteiger partial charge in [0.1, 0.15) is 0 Å². The van der Waals surface area contributed by atoms with Gasteiger partial charge in [-0.1, -0.05) is 31.0 Å². The molecule has 0 saturated carbocycles. The summed E-state index contributed by atoms with van der Waals surface area (Å²) >= 11 is 5.91. The van der Waals surface area contributed by atoms with Crippen molar-refractivity contribution < 1.29 is 14.3 Å². The summed E-state index contributed by atoms with van der Waals surface area (Å²) < 4.78 is 10.5. The Morgan fingerprint density at radius 3 is 2.78 bits per heavy atom. The number of carbonyl (C=O) groups is 1. The lowest BCUT2D eigenvalue weighted by molar-refractivity contribution is 0.0493. The predicted octanol–water partition coefficient (Wildman–Crippen LogP) is 3.83. The fourth-order valence-electron chi connectivity index (χ4n) is 1.46. The SMILES string of the molecule is CCCCOC(=O)c1cc(Cl)ccc1COCC. The third-order valence-corrected chi connectivity index (χ3v) is 2.72. The number of halogens is 1. The van der Waals surface area contributed by atoms with E-state index in [4.69, 9.17) is 21.1 Å². The Kier molecular flexibility index (Phi) is 6.76. The molecule has 0 saturated heterocycles. The summed E-state index contributed by atoms with van der Waals surface area (Å²) in [5.74, 6) is -0.333. The number of unbranched alkanes of at least 4 members (excludes halogenated alkanes) is 1. The van der Waals surface area contributed by atoms with E-state index in [1.165, 1.54) is 0 Å². The second-order valence-electron chi connectivity index (χ2n) is 3.93. The van der Waals surface area contributed by atoms with Gasteiger partial charge in [-0.3, -0.25) is 0 Å². The Balaban J connectivity index is 2.76. The third kappa shape index (κ3) is 4.67. The molecule has 1 rings (SSSR count). The van der Waals surface area contributed by atoms with E-state index in [0.29, 0.717) is 30.4 Å². The van der Waals surface area contributed by atoms with Gasteiger partial charge in [-0.05, 0) is 31.0 Å². The number of esters is 1. The van der Waals surface area contributed by atoms with Crippen molar-refractivity contribution in [3.8, 4) is 0 Å². The van der Waals surface area contributed by atoms with E-state index in [0.717, 1.165) is 18.4 Å². The molecule has 100 valence electrons. The molecule has 0 bridgehead atoms. The summed E-state index contributed by atoms with van der Waals surface area (Å²) in [4.78, 5) is 11.9. The first-order valence-electron chi connectivity index (χ1n) is 6.22. The minimum Gasteiger partial charge on any atom is -0.462 e. The zero-order valence-electron chi connectivity index (χ0n) is 10.9. The van der Waals surface area contributed by atoms with Gasteiger partial charge in [0.25, 0.3) is 0 Å². The zero-order chi connectivity index (χ0) is 13.4. The Hall–Kier alpha value is -1.06. The van der Waals surface area contributed by atoms with Crippen LogP contribution in [0, 0.1) is 0 Å². The molecule has 1 aromatic rings. The molecule has 0 radical (unpaired) electrons. The lowest BCUT2D eigenvalue weighted by atomic mass is 10.1. The fourth-order valence-corrected chi connectivity index (χ4v) is 1.64. The minimum atomic E-state index is -0.333. The monoisotopic (exact) mass is 270 g/mol. The summed E-state index contributed by atoms with van der Waals surface area (Å²) in [5.41, 5.74) is 1.30. The molecule has 0 aliphatic carbocycles. The molecule has 0 aliphatic rings. The van der Waals surface area contributed by atoms with E-state index in [1.54, 1.807) is 18.2 Å². The van der Waals surface area contributed by atoms with E-state index < -0.39 is 0 Å². The Labute approximate surface area is 113 Å². The average Bonchev–Trinajstić information content (AvgIpc) is 2.37. The van der Waals surface area contributed by atoms with Gasteiger partial charge < -0.3 is 9.47 Å². The van der Waals surface area contributed by atoms with Crippen LogP contribution in [0.4, 0.5) is 0 Å². The van der Waals surface area contributed by atoms with E-state index in [-0.39, 0.29) is 5.97 Å². The molecule has 0 aromatic heterocycles. The van der Waals surface area contributed by atoms with E-state index in [2.05, 4.69) is 0 Å². The van der Waals surface area contributed by atoms with Crippen LogP contribution in [-0.2, 0) is 16.1 Å². The zero-order valence-corrected chi connectivity index (χ0v) is 11.6. The first kappa shape index (κ1) is 15.0. The summed E-state index contributed by atoms with van der Waals surface area (Å²) in [5, 5.41) is 0.526. The molecule has 4 heteroatoms. The third-order valence-electron chi connectivity index (χ3n) is 2.48. The second-order valence-corrected chi connectivity index (χ2v) is 4.36. The van der Waals surface area contributed by atoms with Gasteiger partial charge in [-0.15, -0.1) is 0 Å². The van der Waals surface area contributed by atoms with Gasteiger partial charge in [0.2, 0.25) is 0 Å². The van der Waals surface area contributed by atoms with Crippen LogP contribution in [0.3, 0.4) is 0 Å². The van der Waals surface area contributed by atoms with Crippen LogP contribution in [-0.4, -0.2) is 19.2 Å². The maximum Gasteiger partial charge on any atom is 0.338 e. The molecule has 0 aliphatic heterocycles. The topological polar surface area (TPSA) is 35.5 Å². The van der Waals surface area contributed by atoms with Crippen molar-refractivity contribution in [1.29, 1.82) is 0 Å². The molecule has 3 nitrogen and oxygen atoms in total. The molecule has 0 fully saturated rings. The molecule has 1 aromatic carbocycles. The molecule has 18 heavy (non-hydrogen) atoms. The van der Waals surface area contributed by atoms with Gasteiger partial charge in [0.05, 0.1) is 18.8 Å². The van der Waals surface area contributed by atoms with Crippen LogP contribution < -0.4 is 0 Å². The summed E-state index contributed by atoms with van der Waals surface area (Å²) in [6.07, 6.45) is 1.86. The Bertz CT molecular complexity index is 391. The second kappa shape index (κ2) is 8.11. The van der Waals surface area contributed by atoms with Crippen LogP contribution >= 0.6 is 11.6 Å². The molecule has 0 unspecified atom stereocenters. The number of hydrogen-bond acceptors (Lipinski definition) is 3. The fraction of sp³-hybridized carbons (Fsp3) is 0.500. The van der Waals surface area contributed by atoms with Crippen LogP contribution in [0.5, 0.6) is 0 Å². The highest BCUT2D eigenvalue weighted by Crippen LogP contribution is 2.18. The number of ether oxygens (including phenoxy) is 2. The smallest absolute Gasteiger partial charge is 0.338 e. The van der Waals surface area contributed by atoms with Crippen molar-refractivity contribution >= 4 is 17.6 Å². The van der Waals surface area contributed by atoms with Crippen LogP contribution in [0.2, 0.25) is 5.02 Å². The minimum absolute atomic E-state index is 0.333. The van der Waals surface area contributed by atoms with E-state index in [1.807, 2.05) is 13.8 Å². The quantitative estimate of drug-likeness (QED) is 0.558. The predicted molar refractivity (Wildman–Crippen MR) is 72.0 cm³/mol. The standard InChI is InChI=1S/C14H19ClO3/c1-3-5-8-18-14(16)13-9-12(15)7-6-11(13)10-17-4-2/h6-7,9H,3-5,8,10H2,1-2H3. The maximum absolute atomic E-state index is 11.9. The lowest BCUT2D eigenvalue weighted by Gasteiger charge is -2.10. The van der Waals surface area contributed by atoms with Crippen LogP contribution in [0.15, 0.2) is 18.2 Å². The largest absolute Gasteiger partial charge is 0.462 e. The number of benzene rings is 1. The van der Waals surface area contributed by atoms with Crippen LogP contribution in [0.25, 0.3) is 0 Å². The summed E-state index contributed by atoms with van der Waals surface area (Å²) in [7, 11) is 0. The normalized spacial score (nSPS) is 10.4. The molecule has 0 amide bonds. The van der Waals surface area contributed by atoms with Crippen molar-refractivity contribution in [2.24, 2.45) is 0 Å². The number of rotatable bonds is 7. The van der Waals surface area contributed by atoms with Gasteiger partial charge in [-0.25, -0.2) is 4.79 Å². The van der Waals surface area contributed by atoms with E-state index >= 15 is 0 Å². The first-order valence-corrected chi connectivity index (χ1v) is 6.60. The highest BCUT2D eigenvalue weighted by atomic mass is 35.5.